The smallest absolute Gasteiger partial charge is 0.0960 e. The van der Waals surface area contributed by atoms with E-state index >= 15 is 0 Å². The molecule has 3 rings (SSSR count). The molecule has 2 aliphatic rings. The van der Waals surface area contributed by atoms with Gasteiger partial charge in [-0.2, -0.15) is 0 Å². The van der Waals surface area contributed by atoms with Crippen LogP contribution in [0.5, 0.6) is 0 Å². The molecular weight excluding hydrogens is 298 g/mol. The monoisotopic (exact) mass is 325 g/mol. The average molecular weight is 325 g/mol. The van der Waals surface area contributed by atoms with E-state index in [9.17, 15) is 5.11 Å². The number of aromatic nitrogens is 1. The lowest BCUT2D eigenvalue weighted by Gasteiger charge is -2.34. The fraction of sp³-hybridized carbons (Fsp3) is 0.812. The molecule has 5 nitrogen and oxygen atoms in total. The van der Waals surface area contributed by atoms with Crippen molar-refractivity contribution in [3.8, 4) is 0 Å². The van der Waals surface area contributed by atoms with E-state index in [1.165, 1.54) is 5.01 Å². The Hall–Kier alpha value is -0.530. The Bertz CT molecular complexity index is 454. The van der Waals surface area contributed by atoms with E-state index in [1.807, 2.05) is 0 Å². The lowest BCUT2D eigenvalue weighted by molar-refractivity contribution is 0.00509. The molecule has 0 aliphatic carbocycles. The van der Waals surface area contributed by atoms with Gasteiger partial charge in [-0.3, -0.25) is 4.90 Å². The van der Waals surface area contributed by atoms with Crippen molar-refractivity contribution < 1.29 is 9.84 Å². The molecule has 0 amide bonds. The molecule has 1 unspecified atom stereocenters. The zero-order valence-electron chi connectivity index (χ0n) is 13.4. The summed E-state index contributed by atoms with van der Waals surface area (Å²) in [7, 11) is 0. The molecule has 2 saturated heterocycles. The third-order valence-corrected chi connectivity index (χ3v) is 5.74. The first kappa shape index (κ1) is 16.3. The highest BCUT2D eigenvalue weighted by atomic mass is 32.1. The third-order valence-electron chi connectivity index (χ3n) is 4.62. The Labute approximate surface area is 136 Å². The minimum atomic E-state index is -0.253. The number of likely N-dealkylation sites (tertiary alicyclic amines) is 1. The van der Waals surface area contributed by atoms with Crippen LogP contribution in [0.4, 0.5) is 0 Å². The number of nitrogens with zero attached hydrogens (tertiary/aromatic N) is 3. The summed E-state index contributed by atoms with van der Waals surface area (Å²) < 4.78 is 5.35. The Morgan fingerprint density at radius 1 is 1.23 bits per heavy atom. The molecule has 0 aromatic carbocycles. The number of hydrogen-bond acceptors (Lipinski definition) is 6. The largest absolute Gasteiger partial charge is 0.390 e. The second-order valence-corrected chi connectivity index (χ2v) is 7.36. The highest BCUT2D eigenvalue weighted by Crippen LogP contribution is 2.30. The molecule has 1 aromatic rings. The van der Waals surface area contributed by atoms with Gasteiger partial charge < -0.3 is 14.7 Å². The number of β-amino-alcohol motifs (C(OH)–C–C–N with tert-alkyl or cyclic N) is 1. The van der Waals surface area contributed by atoms with Crippen molar-refractivity contribution in [2.45, 2.75) is 31.8 Å². The van der Waals surface area contributed by atoms with Crippen molar-refractivity contribution >= 4 is 11.3 Å². The van der Waals surface area contributed by atoms with E-state index in [-0.39, 0.29) is 6.10 Å². The van der Waals surface area contributed by atoms with Crippen molar-refractivity contribution in [1.29, 1.82) is 0 Å². The van der Waals surface area contributed by atoms with Crippen LogP contribution in [0.1, 0.15) is 29.5 Å². The first-order valence-corrected chi connectivity index (χ1v) is 9.21. The molecule has 1 N–H and O–H groups in total. The van der Waals surface area contributed by atoms with Gasteiger partial charge >= 0.3 is 0 Å². The summed E-state index contributed by atoms with van der Waals surface area (Å²) in [5.74, 6) is 0.617. The van der Waals surface area contributed by atoms with Crippen LogP contribution in [0.25, 0.3) is 0 Å². The van der Waals surface area contributed by atoms with Crippen LogP contribution >= 0.6 is 11.3 Å². The van der Waals surface area contributed by atoms with Crippen molar-refractivity contribution in [3.05, 3.63) is 16.1 Å². The first-order chi connectivity index (χ1) is 10.7. The lowest BCUT2D eigenvalue weighted by atomic mass is 9.97. The van der Waals surface area contributed by atoms with Gasteiger partial charge in [-0.1, -0.05) is 0 Å². The van der Waals surface area contributed by atoms with Gasteiger partial charge in [0, 0.05) is 43.2 Å². The Kier molecular flexibility index (Phi) is 5.82. The van der Waals surface area contributed by atoms with Crippen LogP contribution in [0.15, 0.2) is 5.38 Å². The lowest BCUT2D eigenvalue weighted by Crippen LogP contribution is -2.46. The van der Waals surface area contributed by atoms with Crippen molar-refractivity contribution in [3.63, 3.8) is 0 Å². The summed E-state index contributed by atoms with van der Waals surface area (Å²) in [6.45, 7) is 9.27. The van der Waals surface area contributed by atoms with Gasteiger partial charge in [0.15, 0.2) is 0 Å². The minimum Gasteiger partial charge on any atom is -0.390 e. The number of ether oxygens (including phenoxy) is 1. The maximum Gasteiger partial charge on any atom is 0.0960 e. The second kappa shape index (κ2) is 7.84. The highest BCUT2D eigenvalue weighted by molar-refractivity contribution is 7.09. The summed E-state index contributed by atoms with van der Waals surface area (Å²) >= 11 is 1.80. The fourth-order valence-corrected chi connectivity index (χ4v) is 4.33. The predicted octanol–water partition coefficient (Wildman–Crippen LogP) is 1.32. The molecule has 3 heterocycles. The highest BCUT2D eigenvalue weighted by Gasteiger charge is 2.24. The topological polar surface area (TPSA) is 48.8 Å². The molecule has 0 saturated carbocycles. The number of rotatable bonds is 5. The number of hydrogen-bond donors (Lipinski definition) is 1. The minimum absolute atomic E-state index is 0.253. The van der Waals surface area contributed by atoms with E-state index in [4.69, 9.17) is 4.74 Å². The molecular formula is C16H27N3O2S. The second-order valence-electron chi connectivity index (χ2n) is 6.47. The van der Waals surface area contributed by atoms with E-state index in [0.717, 1.165) is 71.0 Å². The number of piperidine rings is 1. The Morgan fingerprint density at radius 2 is 1.86 bits per heavy atom. The van der Waals surface area contributed by atoms with Gasteiger partial charge in [0.1, 0.15) is 0 Å². The molecule has 124 valence electrons. The van der Waals surface area contributed by atoms with Crippen molar-refractivity contribution in [1.82, 2.24) is 14.8 Å². The van der Waals surface area contributed by atoms with Crippen molar-refractivity contribution in [2.24, 2.45) is 0 Å². The fourth-order valence-electron chi connectivity index (χ4n) is 3.36. The van der Waals surface area contributed by atoms with Gasteiger partial charge in [-0.15, -0.1) is 11.3 Å². The molecule has 0 radical (unpaired) electrons. The number of aliphatic hydroxyl groups is 1. The molecule has 22 heavy (non-hydrogen) atoms. The number of aryl methyl sites for hydroxylation is 1. The maximum absolute atomic E-state index is 10.3. The van der Waals surface area contributed by atoms with Crippen molar-refractivity contribution in [2.75, 3.05) is 52.5 Å². The molecule has 1 aromatic heterocycles. The molecule has 2 fully saturated rings. The van der Waals surface area contributed by atoms with E-state index in [1.54, 1.807) is 11.3 Å². The van der Waals surface area contributed by atoms with Crippen LogP contribution in [0, 0.1) is 6.92 Å². The first-order valence-electron chi connectivity index (χ1n) is 8.33. The SMILES string of the molecule is Cc1csc(C2CCN(CC(O)CN3CCOCC3)CC2)n1. The zero-order valence-corrected chi connectivity index (χ0v) is 14.2. The molecule has 2 aliphatic heterocycles. The maximum atomic E-state index is 10.3. The van der Waals surface area contributed by atoms with E-state index < -0.39 is 0 Å². The Morgan fingerprint density at radius 3 is 2.45 bits per heavy atom. The summed E-state index contributed by atoms with van der Waals surface area (Å²) in [6, 6.07) is 0. The summed E-state index contributed by atoms with van der Waals surface area (Å²) in [6.07, 6.45) is 2.07. The average Bonchev–Trinajstić information content (AvgIpc) is 2.95. The van der Waals surface area contributed by atoms with E-state index in [0.29, 0.717) is 5.92 Å². The van der Waals surface area contributed by atoms with Gasteiger partial charge in [0.05, 0.1) is 24.3 Å². The number of morpholine rings is 1. The van der Waals surface area contributed by atoms with Crippen LogP contribution in [-0.4, -0.2) is 78.5 Å². The molecule has 1 atom stereocenters. The van der Waals surface area contributed by atoms with Gasteiger partial charge in [0.25, 0.3) is 0 Å². The predicted molar refractivity (Wildman–Crippen MR) is 88.5 cm³/mol. The van der Waals surface area contributed by atoms with Crippen LogP contribution in [-0.2, 0) is 4.74 Å². The number of aliphatic hydroxyl groups excluding tert-OH is 1. The summed E-state index contributed by atoms with van der Waals surface area (Å²) in [4.78, 5) is 9.34. The zero-order chi connectivity index (χ0) is 15.4. The summed E-state index contributed by atoms with van der Waals surface area (Å²) in [5.41, 5.74) is 1.14. The van der Waals surface area contributed by atoms with Gasteiger partial charge in [-0.05, 0) is 32.9 Å². The normalized spacial score (nSPS) is 23.7. The van der Waals surface area contributed by atoms with Crippen LogP contribution in [0.3, 0.4) is 0 Å². The number of thiazole rings is 1. The molecule has 0 spiro atoms. The molecule has 6 heteroatoms. The Balaban J connectivity index is 1.39. The molecule has 0 bridgehead atoms. The summed E-state index contributed by atoms with van der Waals surface area (Å²) in [5, 5.41) is 13.7. The van der Waals surface area contributed by atoms with Gasteiger partial charge in [-0.25, -0.2) is 4.98 Å². The van der Waals surface area contributed by atoms with E-state index in [2.05, 4.69) is 27.1 Å². The van der Waals surface area contributed by atoms with Crippen LogP contribution < -0.4 is 0 Å². The quantitative estimate of drug-likeness (QED) is 0.885. The van der Waals surface area contributed by atoms with Gasteiger partial charge in [0.2, 0.25) is 0 Å². The standard InChI is InChI=1S/C16H27N3O2S/c1-13-12-22-16(17-13)14-2-4-18(5-3-14)10-15(20)11-19-6-8-21-9-7-19/h12,14-15,20H,2-11H2,1H3. The van der Waals surface area contributed by atoms with Crippen LogP contribution in [0.2, 0.25) is 0 Å². The third kappa shape index (κ3) is 4.49.